The Kier molecular flexibility index (Phi) is 5.16. The Morgan fingerprint density at radius 2 is 1.85 bits per heavy atom. The highest BCUT2D eigenvalue weighted by atomic mass is 35.5. The van der Waals surface area contributed by atoms with Crippen LogP contribution in [-0.2, 0) is 11.2 Å². The number of hydrogen-bond acceptors (Lipinski definition) is 1. The van der Waals surface area contributed by atoms with Crippen LogP contribution in [0, 0.1) is 12.7 Å². The molecule has 2 aromatic carbocycles. The van der Waals surface area contributed by atoms with Crippen molar-refractivity contribution in [1.82, 2.24) is 0 Å². The lowest BCUT2D eigenvalue weighted by atomic mass is 9.98. The van der Waals surface area contributed by atoms with Gasteiger partial charge in [0, 0.05) is 7.11 Å². The molecule has 2 rings (SSSR count). The number of methoxy groups -OCH3 is 1. The summed E-state index contributed by atoms with van der Waals surface area (Å²) >= 11 is 6.47. The number of alkyl halides is 1. The lowest BCUT2D eigenvalue weighted by Crippen LogP contribution is -1.99. The first kappa shape index (κ1) is 15.0. The van der Waals surface area contributed by atoms with Crippen molar-refractivity contribution in [3.05, 3.63) is 70.5 Å². The molecule has 3 heteroatoms. The van der Waals surface area contributed by atoms with E-state index in [9.17, 15) is 4.39 Å². The van der Waals surface area contributed by atoms with Crippen LogP contribution in [0.4, 0.5) is 4.39 Å². The van der Waals surface area contributed by atoms with Gasteiger partial charge in [0.2, 0.25) is 0 Å². The maximum atomic E-state index is 13.4. The topological polar surface area (TPSA) is 9.23 Å². The zero-order valence-corrected chi connectivity index (χ0v) is 12.5. The number of aryl methyl sites for hydroxylation is 1. The van der Waals surface area contributed by atoms with E-state index in [4.69, 9.17) is 16.3 Å². The van der Waals surface area contributed by atoms with Crippen molar-refractivity contribution < 1.29 is 9.13 Å². The second kappa shape index (κ2) is 6.87. The SMILES string of the molecule is COCCc1ccc(C(Cl)c2cc(F)ccc2C)cc1. The molecular weight excluding hydrogens is 275 g/mol. The molecule has 0 bridgehead atoms. The maximum absolute atomic E-state index is 13.4. The highest BCUT2D eigenvalue weighted by Crippen LogP contribution is 2.31. The van der Waals surface area contributed by atoms with Crippen LogP contribution >= 0.6 is 11.6 Å². The molecule has 1 atom stereocenters. The summed E-state index contributed by atoms with van der Waals surface area (Å²) in [6, 6.07) is 12.8. The number of halogens is 2. The molecule has 20 heavy (non-hydrogen) atoms. The molecule has 106 valence electrons. The summed E-state index contributed by atoms with van der Waals surface area (Å²) in [5, 5.41) is -0.331. The third kappa shape index (κ3) is 3.59. The predicted octanol–water partition coefficient (Wildman–Crippen LogP) is 4.65. The monoisotopic (exact) mass is 292 g/mol. The normalized spacial score (nSPS) is 12.4. The fraction of sp³-hybridized carbons (Fsp3) is 0.294. The van der Waals surface area contributed by atoms with E-state index >= 15 is 0 Å². The van der Waals surface area contributed by atoms with Gasteiger partial charge in [0.1, 0.15) is 5.82 Å². The first-order valence-corrected chi connectivity index (χ1v) is 7.03. The van der Waals surface area contributed by atoms with E-state index < -0.39 is 0 Å². The molecule has 0 fully saturated rings. The highest BCUT2D eigenvalue weighted by molar-refractivity contribution is 6.22. The lowest BCUT2D eigenvalue weighted by Gasteiger charge is -2.14. The summed E-state index contributed by atoms with van der Waals surface area (Å²) in [4.78, 5) is 0. The van der Waals surface area contributed by atoms with Gasteiger partial charge in [-0.2, -0.15) is 0 Å². The third-order valence-corrected chi connectivity index (χ3v) is 3.87. The van der Waals surface area contributed by atoms with Gasteiger partial charge >= 0.3 is 0 Å². The molecule has 0 heterocycles. The van der Waals surface area contributed by atoms with Crippen LogP contribution in [0.2, 0.25) is 0 Å². The van der Waals surface area contributed by atoms with Gasteiger partial charge in [0.05, 0.1) is 12.0 Å². The van der Waals surface area contributed by atoms with Gasteiger partial charge in [-0.3, -0.25) is 0 Å². The van der Waals surface area contributed by atoms with Crippen molar-refractivity contribution in [2.24, 2.45) is 0 Å². The van der Waals surface area contributed by atoms with Gasteiger partial charge in [-0.05, 0) is 47.7 Å². The summed E-state index contributed by atoms with van der Waals surface area (Å²) in [5.41, 5.74) is 3.99. The average molecular weight is 293 g/mol. The zero-order chi connectivity index (χ0) is 14.5. The summed E-state index contributed by atoms with van der Waals surface area (Å²) < 4.78 is 18.4. The minimum absolute atomic E-state index is 0.257. The molecule has 0 aliphatic heterocycles. The van der Waals surface area contributed by atoms with Crippen LogP contribution in [0.25, 0.3) is 0 Å². The Hall–Kier alpha value is -1.38. The Labute approximate surface area is 124 Å². The Balaban J connectivity index is 2.20. The van der Waals surface area contributed by atoms with Crippen LogP contribution in [0.5, 0.6) is 0 Å². The van der Waals surface area contributed by atoms with Gasteiger partial charge in [-0.1, -0.05) is 30.3 Å². The first-order chi connectivity index (χ1) is 9.61. The standard InChI is InChI=1S/C17H18ClFO/c1-12-3-8-15(19)11-16(12)17(18)14-6-4-13(5-7-14)9-10-20-2/h3-8,11,17H,9-10H2,1-2H3. The molecule has 2 aromatic rings. The van der Waals surface area contributed by atoms with Crippen LogP contribution in [-0.4, -0.2) is 13.7 Å². The molecule has 0 saturated carbocycles. The Morgan fingerprint density at radius 1 is 1.15 bits per heavy atom. The van der Waals surface area contributed by atoms with E-state index in [2.05, 4.69) is 0 Å². The van der Waals surface area contributed by atoms with Gasteiger partial charge < -0.3 is 4.74 Å². The Morgan fingerprint density at radius 3 is 2.50 bits per heavy atom. The minimum atomic E-state index is -0.331. The molecule has 0 saturated heterocycles. The van der Waals surface area contributed by atoms with E-state index in [-0.39, 0.29) is 11.2 Å². The molecule has 0 aromatic heterocycles. The molecule has 0 aliphatic carbocycles. The van der Waals surface area contributed by atoms with Gasteiger partial charge in [0.15, 0.2) is 0 Å². The van der Waals surface area contributed by atoms with E-state index in [1.165, 1.54) is 17.7 Å². The van der Waals surface area contributed by atoms with E-state index in [1.54, 1.807) is 13.2 Å². The molecule has 0 spiro atoms. The predicted molar refractivity (Wildman–Crippen MR) is 80.9 cm³/mol. The van der Waals surface area contributed by atoms with Crippen molar-refractivity contribution in [3.8, 4) is 0 Å². The minimum Gasteiger partial charge on any atom is -0.384 e. The number of rotatable bonds is 5. The van der Waals surface area contributed by atoms with Crippen LogP contribution in [0.3, 0.4) is 0 Å². The average Bonchev–Trinajstić information content (AvgIpc) is 2.47. The second-order valence-electron chi connectivity index (χ2n) is 4.85. The van der Waals surface area contributed by atoms with Gasteiger partial charge in [-0.15, -0.1) is 11.6 Å². The number of benzene rings is 2. The van der Waals surface area contributed by atoms with Crippen molar-refractivity contribution in [2.45, 2.75) is 18.7 Å². The van der Waals surface area contributed by atoms with E-state index in [0.29, 0.717) is 6.61 Å². The Bertz CT molecular complexity index is 566. The third-order valence-electron chi connectivity index (χ3n) is 3.38. The van der Waals surface area contributed by atoms with Gasteiger partial charge in [0.25, 0.3) is 0 Å². The quantitative estimate of drug-likeness (QED) is 0.729. The molecular formula is C17H18ClFO. The van der Waals surface area contributed by atoms with Crippen LogP contribution in [0.1, 0.15) is 27.6 Å². The molecule has 1 nitrogen and oxygen atoms in total. The van der Waals surface area contributed by atoms with Crippen molar-refractivity contribution in [2.75, 3.05) is 13.7 Å². The van der Waals surface area contributed by atoms with Crippen LogP contribution < -0.4 is 0 Å². The molecule has 0 N–H and O–H groups in total. The van der Waals surface area contributed by atoms with Gasteiger partial charge in [-0.25, -0.2) is 4.39 Å². The summed E-state index contributed by atoms with van der Waals surface area (Å²) in [7, 11) is 1.69. The number of ether oxygens (including phenoxy) is 1. The molecule has 1 unspecified atom stereocenters. The fourth-order valence-electron chi connectivity index (χ4n) is 2.14. The molecule has 0 radical (unpaired) electrons. The first-order valence-electron chi connectivity index (χ1n) is 6.59. The van der Waals surface area contributed by atoms with Crippen molar-refractivity contribution in [3.63, 3.8) is 0 Å². The molecule has 0 amide bonds. The van der Waals surface area contributed by atoms with E-state index in [0.717, 1.165) is 23.1 Å². The smallest absolute Gasteiger partial charge is 0.123 e. The van der Waals surface area contributed by atoms with Crippen LogP contribution in [0.15, 0.2) is 42.5 Å². The maximum Gasteiger partial charge on any atom is 0.123 e. The second-order valence-corrected chi connectivity index (χ2v) is 5.28. The van der Waals surface area contributed by atoms with E-state index in [1.807, 2.05) is 31.2 Å². The number of hydrogen-bond donors (Lipinski definition) is 0. The summed E-state index contributed by atoms with van der Waals surface area (Å²) in [6.07, 6.45) is 0.878. The largest absolute Gasteiger partial charge is 0.384 e. The van der Waals surface area contributed by atoms with Crippen molar-refractivity contribution in [1.29, 1.82) is 0 Å². The molecule has 0 aliphatic rings. The summed E-state index contributed by atoms with van der Waals surface area (Å²) in [5.74, 6) is -0.257. The fourth-order valence-corrected chi connectivity index (χ4v) is 2.52. The van der Waals surface area contributed by atoms with Crippen molar-refractivity contribution >= 4 is 11.6 Å². The highest BCUT2D eigenvalue weighted by Gasteiger charge is 2.14. The lowest BCUT2D eigenvalue weighted by molar-refractivity contribution is 0.202. The zero-order valence-electron chi connectivity index (χ0n) is 11.7. The summed E-state index contributed by atoms with van der Waals surface area (Å²) in [6.45, 7) is 2.64.